The highest BCUT2D eigenvalue weighted by Gasteiger charge is 2.38. The van der Waals surface area contributed by atoms with Crippen molar-refractivity contribution < 1.29 is 0 Å². The minimum absolute atomic E-state index is 0.0905. The third kappa shape index (κ3) is 5.25. The Hall–Kier alpha value is -5.54. The summed E-state index contributed by atoms with van der Waals surface area (Å²) in [5.74, 6) is 0. The molecule has 0 aliphatic heterocycles. The summed E-state index contributed by atoms with van der Waals surface area (Å²) in [5.41, 5.74) is 23.4. The maximum atomic E-state index is 6.91. The molecule has 2 atom stereocenters. The van der Waals surface area contributed by atoms with Crippen LogP contribution >= 0.6 is 0 Å². The van der Waals surface area contributed by atoms with Gasteiger partial charge >= 0.3 is 0 Å². The SMILES string of the molecule is CC1(C)c2cc(-c3ccccc3)ccc2-c2ccc(C(/C=C/c3cccc4c3-c3cc5ccccc5cc3C4(C)C)NC(N)c3ccccc3)cc21. The van der Waals surface area contributed by atoms with E-state index in [0.717, 1.165) is 5.56 Å². The Bertz CT molecular complexity index is 2510. The van der Waals surface area contributed by atoms with Crippen molar-refractivity contribution in [1.29, 1.82) is 0 Å². The minimum Gasteiger partial charge on any atom is -0.312 e. The van der Waals surface area contributed by atoms with Crippen LogP contribution in [0, 0.1) is 0 Å². The Kier molecular flexibility index (Phi) is 7.66. The molecular formula is C50H44N2. The van der Waals surface area contributed by atoms with Crippen molar-refractivity contribution in [3.05, 3.63) is 197 Å². The summed E-state index contributed by atoms with van der Waals surface area (Å²) in [7, 11) is 0. The second-order valence-corrected chi connectivity index (χ2v) is 15.6. The lowest BCUT2D eigenvalue weighted by atomic mass is 9.80. The molecule has 2 heteroatoms. The first kappa shape index (κ1) is 32.4. The zero-order valence-electron chi connectivity index (χ0n) is 30.3. The molecule has 7 aromatic carbocycles. The minimum atomic E-state index is -0.338. The summed E-state index contributed by atoms with van der Waals surface area (Å²) >= 11 is 0. The molecule has 52 heavy (non-hydrogen) atoms. The van der Waals surface area contributed by atoms with Crippen molar-refractivity contribution in [2.45, 2.75) is 50.7 Å². The van der Waals surface area contributed by atoms with E-state index < -0.39 is 0 Å². The van der Waals surface area contributed by atoms with Gasteiger partial charge in [0.05, 0.1) is 12.2 Å². The summed E-state index contributed by atoms with van der Waals surface area (Å²) in [6.07, 6.45) is 4.29. The highest BCUT2D eigenvalue weighted by molar-refractivity contribution is 5.96. The molecular weight excluding hydrogens is 629 g/mol. The van der Waals surface area contributed by atoms with Crippen molar-refractivity contribution in [3.8, 4) is 33.4 Å². The molecule has 7 aromatic rings. The molecule has 0 aromatic heterocycles. The van der Waals surface area contributed by atoms with Crippen LogP contribution in [0.1, 0.15) is 78.8 Å². The summed E-state index contributed by atoms with van der Waals surface area (Å²) < 4.78 is 0. The summed E-state index contributed by atoms with van der Waals surface area (Å²) in [6, 6.07) is 55.2. The molecule has 2 aliphatic carbocycles. The summed E-state index contributed by atoms with van der Waals surface area (Å²) in [5, 5.41) is 6.37. The fourth-order valence-electron chi connectivity index (χ4n) is 8.81. The molecule has 0 amide bonds. The highest BCUT2D eigenvalue weighted by Crippen LogP contribution is 2.52. The van der Waals surface area contributed by atoms with Gasteiger partial charge in [-0.05, 0) is 101 Å². The Labute approximate surface area is 307 Å². The first-order chi connectivity index (χ1) is 25.2. The van der Waals surface area contributed by atoms with Crippen LogP contribution in [0.2, 0.25) is 0 Å². The monoisotopic (exact) mass is 672 g/mol. The van der Waals surface area contributed by atoms with E-state index in [-0.39, 0.29) is 23.0 Å². The van der Waals surface area contributed by atoms with Crippen LogP contribution in [0.4, 0.5) is 0 Å². The van der Waals surface area contributed by atoms with Crippen molar-refractivity contribution >= 4 is 16.8 Å². The topological polar surface area (TPSA) is 38.0 Å². The number of hydrogen-bond acceptors (Lipinski definition) is 2. The smallest absolute Gasteiger partial charge is 0.0817 e. The lowest BCUT2D eigenvalue weighted by Crippen LogP contribution is -2.31. The van der Waals surface area contributed by atoms with Gasteiger partial charge in [0, 0.05) is 10.8 Å². The normalized spacial score (nSPS) is 15.9. The maximum Gasteiger partial charge on any atom is 0.0817 e. The molecule has 2 nitrogen and oxygen atoms in total. The van der Waals surface area contributed by atoms with Crippen LogP contribution in [0.15, 0.2) is 158 Å². The van der Waals surface area contributed by atoms with E-state index in [1.807, 2.05) is 6.07 Å². The van der Waals surface area contributed by atoms with Crippen molar-refractivity contribution in [1.82, 2.24) is 5.32 Å². The Balaban J connectivity index is 1.13. The van der Waals surface area contributed by atoms with E-state index in [4.69, 9.17) is 5.73 Å². The van der Waals surface area contributed by atoms with Crippen LogP contribution in [0.5, 0.6) is 0 Å². The molecule has 2 unspecified atom stereocenters. The third-order valence-electron chi connectivity index (χ3n) is 11.8. The van der Waals surface area contributed by atoms with Gasteiger partial charge in [-0.2, -0.15) is 0 Å². The standard InChI is InChI=1S/C50H44N2/c1-49(2)42-21-13-20-33(47(42)41-28-35-18-11-12-19-36(35)29-45(41)49)24-27-46(52-48(51)34-16-9-6-10-17-34)38-23-26-40-39-25-22-37(32-14-7-5-8-15-32)30-43(39)50(3,4)44(40)31-38/h5-31,46,48,52H,51H2,1-4H3/b27-24+. The summed E-state index contributed by atoms with van der Waals surface area (Å²) in [4.78, 5) is 0. The molecule has 0 heterocycles. The highest BCUT2D eigenvalue weighted by atomic mass is 15.0. The Morgan fingerprint density at radius 3 is 1.87 bits per heavy atom. The molecule has 0 saturated heterocycles. The Morgan fingerprint density at radius 1 is 0.500 bits per heavy atom. The largest absolute Gasteiger partial charge is 0.312 e. The van der Waals surface area contributed by atoms with Gasteiger partial charge in [0.2, 0.25) is 0 Å². The maximum absolute atomic E-state index is 6.91. The van der Waals surface area contributed by atoms with Crippen LogP contribution in [-0.4, -0.2) is 0 Å². The molecule has 9 rings (SSSR count). The van der Waals surface area contributed by atoms with Gasteiger partial charge in [0.25, 0.3) is 0 Å². The average molecular weight is 673 g/mol. The Morgan fingerprint density at radius 2 is 1.12 bits per heavy atom. The number of rotatable bonds is 7. The van der Waals surface area contributed by atoms with Gasteiger partial charge < -0.3 is 5.73 Å². The fraction of sp³-hybridized carbons (Fsp3) is 0.160. The quantitative estimate of drug-likeness (QED) is 0.165. The third-order valence-corrected chi connectivity index (χ3v) is 11.8. The molecule has 0 spiro atoms. The van der Waals surface area contributed by atoms with Gasteiger partial charge in [0.1, 0.15) is 0 Å². The first-order valence-corrected chi connectivity index (χ1v) is 18.5. The number of nitrogens with one attached hydrogen (secondary N) is 1. The second-order valence-electron chi connectivity index (χ2n) is 15.6. The lowest BCUT2D eigenvalue weighted by Gasteiger charge is -2.25. The van der Waals surface area contributed by atoms with Gasteiger partial charge in [-0.25, -0.2) is 0 Å². The zero-order chi connectivity index (χ0) is 35.6. The molecule has 0 radical (unpaired) electrons. The number of benzene rings is 7. The first-order valence-electron chi connectivity index (χ1n) is 18.5. The molecule has 2 aliphatic rings. The predicted molar refractivity (Wildman–Crippen MR) is 219 cm³/mol. The van der Waals surface area contributed by atoms with Crippen LogP contribution in [0.25, 0.3) is 50.2 Å². The van der Waals surface area contributed by atoms with E-state index in [2.05, 4.69) is 191 Å². The van der Waals surface area contributed by atoms with Gasteiger partial charge in [0.15, 0.2) is 0 Å². The number of hydrogen-bond donors (Lipinski definition) is 2. The summed E-state index contributed by atoms with van der Waals surface area (Å²) in [6.45, 7) is 9.44. The van der Waals surface area contributed by atoms with Crippen molar-refractivity contribution in [2.24, 2.45) is 5.73 Å². The van der Waals surface area contributed by atoms with Crippen LogP contribution in [-0.2, 0) is 10.8 Å². The molecule has 0 saturated carbocycles. The predicted octanol–water partition coefficient (Wildman–Crippen LogP) is 12.1. The second kappa shape index (κ2) is 12.3. The average Bonchev–Trinajstić information content (AvgIpc) is 3.54. The zero-order valence-corrected chi connectivity index (χ0v) is 30.3. The van der Waals surface area contributed by atoms with Crippen LogP contribution < -0.4 is 11.1 Å². The number of fused-ring (bicyclic) bond motifs is 7. The van der Waals surface area contributed by atoms with E-state index >= 15 is 0 Å². The van der Waals surface area contributed by atoms with E-state index in [1.54, 1.807) is 0 Å². The molecule has 3 N–H and O–H groups in total. The van der Waals surface area contributed by atoms with Gasteiger partial charge in [-0.3, -0.25) is 5.32 Å². The van der Waals surface area contributed by atoms with E-state index in [0.29, 0.717) is 0 Å². The van der Waals surface area contributed by atoms with E-state index in [1.165, 1.54) is 77.5 Å². The van der Waals surface area contributed by atoms with Crippen molar-refractivity contribution in [2.75, 3.05) is 0 Å². The van der Waals surface area contributed by atoms with Crippen LogP contribution in [0.3, 0.4) is 0 Å². The number of nitrogens with two attached hydrogens (primary N) is 1. The van der Waals surface area contributed by atoms with Crippen molar-refractivity contribution in [3.63, 3.8) is 0 Å². The van der Waals surface area contributed by atoms with Gasteiger partial charge in [-0.1, -0.05) is 173 Å². The molecule has 254 valence electrons. The molecule has 0 bridgehead atoms. The van der Waals surface area contributed by atoms with E-state index in [9.17, 15) is 0 Å². The molecule has 0 fully saturated rings. The fourth-order valence-corrected chi connectivity index (χ4v) is 8.81. The van der Waals surface area contributed by atoms with Gasteiger partial charge in [-0.15, -0.1) is 0 Å². The lowest BCUT2D eigenvalue weighted by molar-refractivity contribution is 0.508.